The minimum Gasteiger partial charge on any atom is -0.481 e. The number of alkyl halides is 2. The van der Waals surface area contributed by atoms with Crippen LogP contribution in [0.4, 0.5) is 20.4 Å². The second-order valence-electron chi connectivity index (χ2n) is 8.52. The molecule has 0 amide bonds. The van der Waals surface area contributed by atoms with Gasteiger partial charge >= 0.3 is 12.6 Å². The molecule has 1 aromatic carbocycles. The average Bonchev–Trinajstić information content (AvgIpc) is 2.85. The maximum absolute atomic E-state index is 12.3. The molecular formula is C25H27F2N5O3. The van der Waals surface area contributed by atoms with E-state index < -0.39 is 12.6 Å². The number of benzene rings is 1. The number of aromatic nitrogens is 3. The van der Waals surface area contributed by atoms with Crippen LogP contribution in [0.5, 0.6) is 5.75 Å². The first kappa shape index (κ1) is 24.5. The van der Waals surface area contributed by atoms with Gasteiger partial charge in [0.25, 0.3) is 0 Å². The molecule has 35 heavy (non-hydrogen) atoms. The van der Waals surface area contributed by atoms with Gasteiger partial charge in [-0.2, -0.15) is 8.78 Å². The Labute approximate surface area is 202 Å². The average molecular weight is 484 g/mol. The Balaban J connectivity index is 1.31. The molecule has 184 valence electrons. The number of likely N-dealkylation sites (tertiary alicyclic amines) is 1. The number of anilines is 2. The molecule has 0 bridgehead atoms. The van der Waals surface area contributed by atoms with E-state index in [-0.39, 0.29) is 11.7 Å². The molecule has 4 rings (SSSR count). The highest BCUT2D eigenvalue weighted by atomic mass is 19.3. The number of carbonyl (C=O) groups is 1. The summed E-state index contributed by atoms with van der Waals surface area (Å²) in [5, 5.41) is 12.3. The van der Waals surface area contributed by atoms with Crippen LogP contribution < -0.4 is 10.1 Å². The van der Waals surface area contributed by atoms with Crippen molar-refractivity contribution in [3.63, 3.8) is 0 Å². The van der Waals surface area contributed by atoms with Crippen molar-refractivity contribution < 1.29 is 23.4 Å². The van der Waals surface area contributed by atoms with E-state index in [1.807, 2.05) is 13.0 Å². The lowest BCUT2D eigenvalue weighted by Gasteiger charge is -2.29. The van der Waals surface area contributed by atoms with Gasteiger partial charge in [-0.3, -0.25) is 9.78 Å². The Morgan fingerprint density at radius 1 is 1.11 bits per heavy atom. The highest BCUT2D eigenvalue weighted by molar-refractivity contribution is 5.70. The van der Waals surface area contributed by atoms with Gasteiger partial charge in [-0.25, -0.2) is 9.97 Å². The molecule has 1 saturated heterocycles. The number of halogens is 2. The summed E-state index contributed by atoms with van der Waals surface area (Å²) in [6.45, 7) is 1.59. The molecule has 8 nitrogen and oxygen atoms in total. The Bertz CT molecular complexity index is 1130. The molecule has 3 aromatic rings. The molecule has 1 aliphatic heterocycles. The standard InChI is InChI=1S/C25H27F2N5O3/c1-16-12-20(8-11-32-9-6-18(7-10-32)23(33)34)28-15-22(16)31-25-29-13-19(14-30-25)17-2-4-21(5-3-17)35-24(26)27/h2-5,12-15,18,24H,6-11H2,1H3,(H,33,34)(H,29,30,31). The van der Waals surface area contributed by atoms with E-state index in [0.717, 1.165) is 54.1 Å². The number of carboxylic acids is 1. The molecule has 0 radical (unpaired) electrons. The van der Waals surface area contributed by atoms with Gasteiger partial charge in [0, 0.05) is 36.6 Å². The van der Waals surface area contributed by atoms with E-state index in [2.05, 4.69) is 29.9 Å². The van der Waals surface area contributed by atoms with E-state index in [1.54, 1.807) is 30.7 Å². The van der Waals surface area contributed by atoms with Gasteiger partial charge in [0.15, 0.2) is 0 Å². The van der Waals surface area contributed by atoms with Crippen LogP contribution >= 0.6 is 0 Å². The second kappa shape index (κ2) is 11.2. The lowest BCUT2D eigenvalue weighted by molar-refractivity contribution is -0.143. The fourth-order valence-electron chi connectivity index (χ4n) is 4.05. The molecule has 0 atom stereocenters. The predicted molar refractivity (Wildman–Crippen MR) is 127 cm³/mol. The minimum atomic E-state index is -2.86. The number of nitrogens with zero attached hydrogens (tertiary/aromatic N) is 4. The third-order valence-electron chi connectivity index (χ3n) is 6.10. The molecule has 3 heterocycles. The highest BCUT2D eigenvalue weighted by Gasteiger charge is 2.24. The molecule has 1 fully saturated rings. The van der Waals surface area contributed by atoms with Crippen molar-refractivity contribution in [3.8, 4) is 16.9 Å². The summed E-state index contributed by atoms with van der Waals surface area (Å²) in [6, 6.07) is 8.32. The molecule has 0 saturated carbocycles. The van der Waals surface area contributed by atoms with Crippen LogP contribution in [0.1, 0.15) is 24.1 Å². The van der Waals surface area contributed by atoms with E-state index in [1.165, 1.54) is 12.1 Å². The van der Waals surface area contributed by atoms with Crippen LogP contribution in [0.25, 0.3) is 11.1 Å². The number of hydrogen-bond donors (Lipinski definition) is 2. The van der Waals surface area contributed by atoms with Gasteiger partial charge in [0.05, 0.1) is 17.8 Å². The fourth-order valence-corrected chi connectivity index (χ4v) is 4.05. The topological polar surface area (TPSA) is 100 Å². The number of carboxylic acid groups (broad SMARTS) is 1. The minimum absolute atomic E-state index is 0.0946. The number of aryl methyl sites for hydroxylation is 1. The Hall–Kier alpha value is -3.66. The van der Waals surface area contributed by atoms with Gasteiger partial charge in [-0.05, 0) is 62.2 Å². The first-order valence-corrected chi connectivity index (χ1v) is 11.4. The zero-order valence-electron chi connectivity index (χ0n) is 19.3. The van der Waals surface area contributed by atoms with Gasteiger partial charge in [-0.1, -0.05) is 12.1 Å². The lowest BCUT2D eigenvalue weighted by Crippen LogP contribution is -2.37. The molecule has 1 aliphatic rings. The summed E-state index contributed by atoms with van der Waals surface area (Å²) >= 11 is 0. The van der Waals surface area contributed by atoms with Crippen LogP contribution in [-0.2, 0) is 11.2 Å². The van der Waals surface area contributed by atoms with E-state index in [0.29, 0.717) is 18.8 Å². The van der Waals surface area contributed by atoms with Crippen molar-refractivity contribution in [3.05, 3.63) is 60.2 Å². The monoisotopic (exact) mass is 483 g/mol. The second-order valence-corrected chi connectivity index (χ2v) is 8.52. The molecule has 2 N–H and O–H groups in total. The van der Waals surface area contributed by atoms with Crippen LogP contribution in [0.2, 0.25) is 0 Å². The van der Waals surface area contributed by atoms with Crippen LogP contribution in [0.15, 0.2) is 48.9 Å². The van der Waals surface area contributed by atoms with Gasteiger partial charge < -0.3 is 20.1 Å². The molecule has 0 spiro atoms. The molecule has 0 unspecified atom stereocenters. The number of rotatable bonds is 9. The number of hydrogen-bond acceptors (Lipinski definition) is 7. The van der Waals surface area contributed by atoms with Crippen molar-refractivity contribution in [2.45, 2.75) is 32.8 Å². The summed E-state index contributed by atoms with van der Waals surface area (Å²) in [7, 11) is 0. The van der Waals surface area contributed by atoms with Crippen molar-refractivity contribution in [2.75, 3.05) is 25.0 Å². The molecule has 0 aliphatic carbocycles. The molecular weight excluding hydrogens is 456 g/mol. The van der Waals surface area contributed by atoms with E-state index in [4.69, 9.17) is 5.11 Å². The van der Waals surface area contributed by atoms with Crippen LogP contribution in [0.3, 0.4) is 0 Å². The lowest BCUT2D eigenvalue weighted by atomic mass is 9.97. The summed E-state index contributed by atoms with van der Waals surface area (Å²) in [6.07, 6.45) is 7.27. The largest absolute Gasteiger partial charge is 0.481 e. The van der Waals surface area contributed by atoms with Crippen molar-refractivity contribution in [1.29, 1.82) is 0 Å². The molecule has 10 heteroatoms. The zero-order chi connectivity index (χ0) is 24.8. The van der Waals surface area contributed by atoms with Crippen molar-refractivity contribution in [1.82, 2.24) is 19.9 Å². The van der Waals surface area contributed by atoms with Crippen molar-refractivity contribution >= 4 is 17.6 Å². The smallest absolute Gasteiger partial charge is 0.387 e. The van der Waals surface area contributed by atoms with Gasteiger partial charge in [0.1, 0.15) is 5.75 Å². The third kappa shape index (κ3) is 6.69. The first-order chi connectivity index (χ1) is 16.9. The van der Waals surface area contributed by atoms with Crippen molar-refractivity contribution in [2.24, 2.45) is 5.92 Å². The summed E-state index contributed by atoms with van der Waals surface area (Å²) in [4.78, 5) is 26.6. The normalized spacial score (nSPS) is 14.7. The summed E-state index contributed by atoms with van der Waals surface area (Å²) in [5.74, 6) is -0.399. The third-order valence-corrected chi connectivity index (χ3v) is 6.10. The zero-order valence-corrected chi connectivity index (χ0v) is 19.3. The van der Waals surface area contributed by atoms with Crippen LogP contribution in [0, 0.1) is 12.8 Å². The maximum atomic E-state index is 12.3. The molecule has 2 aromatic heterocycles. The summed E-state index contributed by atoms with van der Waals surface area (Å²) < 4.78 is 29.0. The Morgan fingerprint density at radius 3 is 2.40 bits per heavy atom. The maximum Gasteiger partial charge on any atom is 0.387 e. The predicted octanol–water partition coefficient (Wildman–Crippen LogP) is 4.53. The first-order valence-electron chi connectivity index (χ1n) is 11.4. The Kier molecular flexibility index (Phi) is 7.81. The van der Waals surface area contributed by atoms with Crippen LogP contribution in [-0.4, -0.2) is 57.2 Å². The van der Waals surface area contributed by atoms with E-state index in [9.17, 15) is 13.6 Å². The number of piperidine rings is 1. The number of pyridine rings is 1. The SMILES string of the molecule is Cc1cc(CCN2CCC(C(=O)O)CC2)ncc1Nc1ncc(-c2ccc(OC(F)F)cc2)cn1. The quantitative estimate of drug-likeness (QED) is 0.458. The van der Waals surface area contributed by atoms with E-state index >= 15 is 0 Å². The highest BCUT2D eigenvalue weighted by Crippen LogP contribution is 2.24. The Morgan fingerprint density at radius 2 is 1.80 bits per heavy atom. The number of aliphatic carboxylic acids is 1. The van der Waals surface area contributed by atoms with Gasteiger partial charge in [0.2, 0.25) is 5.95 Å². The number of nitrogens with one attached hydrogen (secondary N) is 1. The van der Waals surface area contributed by atoms with Gasteiger partial charge in [-0.15, -0.1) is 0 Å². The fraction of sp³-hybridized carbons (Fsp3) is 0.360. The number of ether oxygens (including phenoxy) is 1. The summed E-state index contributed by atoms with van der Waals surface area (Å²) in [5.41, 5.74) is 4.33.